The Kier molecular flexibility index (Phi) is 2.82. The van der Waals surface area contributed by atoms with Crippen molar-refractivity contribution in [1.82, 2.24) is 4.90 Å². The van der Waals surface area contributed by atoms with Crippen LogP contribution in [0.4, 0.5) is 0 Å². The van der Waals surface area contributed by atoms with E-state index < -0.39 is 0 Å². The van der Waals surface area contributed by atoms with E-state index in [9.17, 15) is 5.11 Å². The minimum Gasteiger partial charge on any atom is -0.393 e. The molecule has 2 fully saturated rings. The van der Waals surface area contributed by atoms with Crippen LogP contribution < -0.4 is 5.73 Å². The van der Waals surface area contributed by atoms with Gasteiger partial charge in [-0.2, -0.15) is 0 Å². The van der Waals surface area contributed by atoms with Crippen LogP contribution in [0.1, 0.15) is 32.6 Å². The number of hydrogen-bond donors (Lipinski definition) is 2. The predicted octanol–water partition coefficient (Wildman–Crippen LogP) is 0.571. The summed E-state index contributed by atoms with van der Waals surface area (Å²) < 4.78 is 0. The Balaban J connectivity index is 1.98. The van der Waals surface area contributed by atoms with E-state index in [4.69, 9.17) is 5.73 Å². The van der Waals surface area contributed by atoms with Gasteiger partial charge in [-0.15, -0.1) is 0 Å². The maximum atomic E-state index is 9.65. The summed E-state index contributed by atoms with van der Waals surface area (Å²) in [7, 11) is 0. The Morgan fingerprint density at radius 1 is 1.43 bits per heavy atom. The van der Waals surface area contributed by atoms with Crippen LogP contribution in [0.2, 0.25) is 0 Å². The number of aliphatic hydroxyl groups excluding tert-OH is 1. The molecule has 0 bridgehead atoms. The fourth-order valence-electron chi connectivity index (χ4n) is 3.14. The molecule has 0 radical (unpaired) electrons. The van der Waals surface area contributed by atoms with Gasteiger partial charge in [-0.3, -0.25) is 0 Å². The summed E-state index contributed by atoms with van der Waals surface area (Å²) in [5.41, 5.74) is 6.41. The topological polar surface area (TPSA) is 49.5 Å². The maximum absolute atomic E-state index is 9.65. The first-order valence-corrected chi connectivity index (χ1v) is 5.82. The smallest absolute Gasteiger partial charge is 0.0561 e. The Hall–Kier alpha value is -0.120. The number of rotatable bonds is 1. The molecule has 3 heteroatoms. The van der Waals surface area contributed by atoms with Crippen LogP contribution in [0, 0.1) is 5.41 Å². The molecule has 3 N–H and O–H groups in total. The summed E-state index contributed by atoms with van der Waals surface area (Å²) >= 11 is 0. The van der Waals surface area contributed by atoms with Gasteiger partial charge in [-0.1, -0.05) is 6.92 Å². The fourth-order valence-corrected chi connectivity index (χ4v) is 3.14. The Morgan fingerprint density at radius 3 is 2.50 bits per heavy atom. The van der Waals surface area contributed by atoms with Crippen LogP contribution in [0.25, 0.3) is 0 Å². The first-order valence-electron chi connectivity index (χ1n) is 5.82. The average Bonchev–Trinajstić information content (AvgIpc) is 2.43. The van der Waals surface area contributed by atoms with Crippen LogP contribution in [0.5, 0.6) is 0 Å². The molecule has 1 spiro atoms. The SMILES string of the molecule is CCN1CCC2(CC1)CC(O)CC2N. The quantitative estimate of drug-likeness (QED) is 0.647. The Labute approximate surface area is 86.3 Å². The zero-order valence-corrected chi connectivity index (χ0v) is 9.08. The first kappa shape index (κ1) is 10.4. The summed E-state index contributed by atoms with van der Waals surface area (Å²) in [5, 5.41) is 9.65. The van der Waals surface area contributed by atoms with Gasteiger partial charge in [0.2, 0.25) is 0 Å². The van der Waals surface area contributed by atoms with E-state index in [0.29, 0.717) is 0 Å². The number of hydrogen-bond acceptors (Lipinski definition) is 3. The lowest BCUT2D eigenvalue weighted by Crippen LogP contribution is -2.46. The molecule has 2 rings (SSSR count). The van der Waals surface area contributed by atoms with E-state index in [-0.39, 0.29) is 17.6 Å². The van der Waals surface area contributed by atoms with Crippen molar-refractivity contribution >= 4 is 0 Å². The van der Waals surface area contributed by atoms with Gasteiger partial charge < -0.3 is 15.7 Å². The van der Waals surface area contributed by atoms with Crippen LogP contribution in [-0.4, -0.2) is 41.8 Å². The van der Waals surface area contributed by atoms with E-state index in [2.05, 4.69) is 11.8 Å². The van der Waals surface area contributed by atoms with Crippen LogP contribution in [0.3, 0.4) is 0 Å². The summed E-state index contributed by atoms with van der Waals surface area (Å²) in [6.07, 6.45) is 3.97. The molecule has 2 atom stereocenters. The molecule has 3 nitrogen and oxygen atoms in total. The second-order valence-electron chi connectivity index (χ2n) is 5.00. The number of nitrogens with two attached hydrogens (primary N) is 1. The molecule has 0 aromatic carbocycles. The van der Waals surface area contributed by atoms with Gasteiger partial charge in [-0.05, 0) is 50.7 Å². The molecule has 0 aromatic heterocycles. The van der Waals surface area contributed by atoms with Crippen LogP contribution in [0.15, 0.2) is 0 Å². The third-order valence-corrected chi connectivity index (χ3v) is 4.25. The minimum atomic E-state index is -0.141. The lowest BCUT2D eigenvalue weighted by atomic mass is 9.74. The number of piperidine rings is 1. The molecule has 1 saturated carbocycles. The van der Waals surface area contributed by atoms with E-state index in [1.54, 1.807) is 0 Å². The highest BCUT2D eigenvalue weighted by Gasteiger charge is 2.46. The third kappa shape index (κ3) is 1.69. The summed E-state index contributed by atoms with van der Waals surface area (Å²) in [5.74, 6) is 0. The van der Waals surface area contributed by atoms with Gasteiger partial charge in [0.25, 0.3) is 0 Å². The molecule has 82 valence electrons. The summed E-state index contributed by atoms with van der Waals surface area (Å²) in [4.78, 5) is 2.47. The van der Waals surface area contributed by atoms with Crippen LogP contribution in [-0.2, 0) is 0 Å². The molecule has 1 saturated heterocycles. The van der Waals surface area contributed by atoms with Gasteiger partial charge in [0.05, 0.1) is 6.10 Å². The van der Waals surface area contributed by atoms with Gasteiger partial charge >= 0.3 is 0 Å². The number of nitrogens with zero attached hydrogens (tertiary/aromatic N) is 1. The molecule has 1 heterocycles. The van der Waals surface area contributed by atoms with Crippen molar-refractivity contribution in [3.8, 4) is 0 Å². The largest absolute Gasteiger partial charge is 0.393 e. The maximum Gasteiger partial charge on any atom is 0.0561 e. The molecule has 1 aliphatic heterocycles. The summed E-state index contributed by atoms with van der Waals surface area (Å²) in [6.45, 7) is 5.68. The van der Waals surface area contributed by atoms with E-state index in [1.807, 2.05) is 0 Å². The zero-order valence-electron chi connectivity index (χ0n) is 9.08. The van der Waals surface area contributed by atoms with Crippen molar-refractivity contribution in [3.05, 3.63) is 0 Å². The second-order valence-corrected chi connectivity index (χ2v) is 5.00. The van der Waals surface area contributed by atoms with Crippen molar-refractivity contribution in [2.75, 3.05) is 19.6 Å². The van der Waals surface area contributed by atoms with Gasteiger partial charge in [0.15, 0.2) is 0 Å². The van der Waals surface area contributed by atoms with Crippen LogP contribution >= 0.6 is 0 Å². The zero-order chi connectivity index (χ0) is 10.2. The second kappa shape index (κ2) is 3.80. The molecular formula is C11H22N2O. The minimum absolute atomic E-state index is 0.141. The molecule has 0 amide bonds. The highest BCUT2D eigenvalue weighted by molar-refractivity contribution is 5.01. The van der Waals surface area contributed by atoms with Gasteiger partial charge in [0, 0.05) is 6.04 Å². The van der Waals surface area contributed by atoms with Crippen molar-refractivity contribution in [2.24, 2.45) is 11.1 Å². The van der Waals surface area contributed by atoms with E-state index >= 15 is 0 Å². The molecule has 1 aliphatic carbocycles. The number of aliphatic hydroxyl groups is 1. The van der Waals surface area contributed by atoms with Gasteiger partial charge in [-0.25, -0.2) is 0 Å². The van der Waals surface area contributed by atoms with Crippen molar-refractivity contribution < 1.29 is 5.11 Å². The molecule has 2 unspecified atom stereocenters. The van der Waals surface area contributed by atoms with Crippen molar-refractivity contribution in [3.63, 3.8) is 0 Å². The fraction of sp³-hybridized carbons (Fsp3) is 1.00. The molecule has 0 aromatic rings. The standard InChI is InChI=1S/C11H22N2O/c1-2-13-5-3-11(4-6-13)8-9(14)7-10(11)12/h9-10,14H,2-8,12H2,1H3. The molecule has 14 heavy (non-hydrogen) atoms. The van der Waals surface area contributed by atoms with Crippen molar-refractivity contribution in [1.29, 1.82) is 0 Å². The van der Waals surface area contributed by atoms with Gasteiger partial charge in [0.1, 0.15) is 0 Å². The van der Waals surface area contributed by atoms with Crippen molar-refractivity contribution in [2.45, 2.75) is 44.8 Å². The van der Waals surface area contributed by atoms with E-state index in [0.717, 1.165) is 32.5 Å². The Morgan fingerprint density at radius 2 is 2.07 bits per heavy atom. The molecule has 2 aliphatic rings. The van der Waals surface area contributed by atoms with E-state index in [1.165, 1.54) is 12.8 Å². The highest BCUT2D eigenvalue weighted by atomic mass is 16.3. The summed E-state index contributed by atoms with van der Waals surface area (Å²) in [6, 6.07) is 0.233. The predicted molar refractivity (Wildman–Crippen MR) is 57.0 cm³/mol. The molecular weight excluding hydrogens is 176 g/mol. The lowest BCUT2D eigenvalue weighted by Gasteiger charge is -2.41. The first-order chi connectivity index (χ1) is 6.66. The monoisotopic (exact) mass is 198 g/mol. The lowest BCUT2D eigenvalue weighted by molar-refractivity contribution is 0.0832. The number of likely N-dealkylation sites (tertiary alicyclic amines) is 1. The third-order valence-electron chi connectivity index (χ3n) is 4.25. The average molecular weight is 198 g/mol. The highest BCUT2D eigenvalue weighted by Crippen LogP contribution is 2.45. The normalized spacial score (nSPS) is 37.9. The Bertz CT molecular complexity index is 199.